The van der Waals surface area contributed by atoms with E-state index in [0.29, 0.717) is 17.5 Å². The summed E-state index contributed by atoms with van der Waals surface area (Å²) < 4.78 is 7.62. The van der Waals surface area contributed by atoms with E-state index in [4.69, 9.17) is 15.0 Å². The summed E-state index contributed by atoms with van der Waals surface area (Å²) in [6.45, 7) is 0. The molecule has 0 spiro atoms. The van der Waals surface area contributed by atoms with E-state index in [1.54, 1.807) is 0 Å². The first-order valence-corrected chi connectivity index (χ1v) is 20.7. The SMILES string of the molecule is c1ccc(-c2nc(-c3ccccc3)nc(-c3cccc(-c4cc(-n5c6ccccc6c6ccccc65)cc5c4sc4ccc6sc7ccccc7c6c45)c3)n2)cc1. The smallest absolute Gasteiger partial charge is 0.164 e. The van der Waals surface area contributed by atoms with Crippen molar-refractivity contribution in [2.45, 2.75) is 0 Å². The second-order valence-electron chi connectivity index (χ2n) is 14.4. The van der Waals surface area contributed by atoms with E-state index in [-0.39, 0.29) is 0 Å². The van der Waals surface area contributed by atoms with Crippen LogP contribution >= 0.6 is 22.7 Å². The van der Waals surface area contributed by atoms with Gasteiger partial charge in [-0.15, -0.1) is 22.7 Å². The summed E-state index contributed by atoms with van der Waals surface area (Å²) in [4.78, 5) is 15.1. The predicted octanol–water partition coefficient (Wildman–Crippen LogP) is 14.4. The minimum atomic E-state index is 0.641. The molecule has 4 nitrogen and oxygen atoms in total. The van der Waals surface area contributed by atoms with Gasteiger partial charge >= 0.3 is 0 Å². The van der Waals surface area contributed by atoms with Crippen LogP contribution in [0.2, 0.25) is 0 Å². The molecule has 12 aromatic rings. The number of hydrogen-bond donors (Lipinski definition) is 0. The fourth-order valence-corrected chi connectivity index (χ4v) is 10.8. The van der Waals surface area contributed by atoms with Gasteiger partial charge in [0.15, 0.2) is 17.5 Å². The summed E-state index contributed by atoms with van der Waals surface area (Å²) in [6.07, 6.45) is 0. The zero-order chi connectivity index (χ0) is 37.5. The normalized spacial score (nSPS) is 11.9. The topological polar surface area (TPSA) is 43.6 Å². The Balaban J connectivity index is 1.15. The third-order valence-electron chi connectivity index (χ3n) is 11.0. The van der Waals surface area contributed by atoms with Crippen LogP contribution in [-0.2, 0) is 0 Å². The van der Waals surface area contributed by atoms with Crippen LogP contribution in [0.15, 0.2) is 182 Å². The summed E-state index contributed by atoms with van der Waals surface area (Å²) in [6, 6.07) is 64.8. The number of hydrogen-bond acceptors (Lipinski definition) is 5. The van der Waals surface area contributed by atoms with Crippen molar-refractivity contribution < 1.29 is 0 Å². The molecule has 0 saturated heterocycles. The first-order chi connectivity index (χ1) is 28.2. The van der Waals surface area contributed by atoms with Gasteiger partial charge in [0.05, 0.1) is 11.0 Å². The molecular formula is C51H30N4S2. The highest BCUT2D eigenvalue weighted by molar-refractivity contribution is 7.28. The average Bonchev–Trinajstić information content (AvgIpc) is 3.96. The fourth-order valence-electron chi connectivity index (χ4n) is 8.48. The van der Waals surface area contributed by atoms with Gasteiger partial charge in [0, 0.05) is 79.1 Å². The van der Waals surface area contributed by atoms with Crippen LogP contribution in [-0.4, -0.2) is 19.5 Å². The highest BCUT2D eigenvalue weighted by atomic mass is 32.1. The summed E-state index contributed by atoms with van der Waals surface area (Å²) >= 11 is 3.75. The molecule has 12 rings (SSSR count). The molecule has 0 aliphatic heterocycles. The van der Waals surface area contributed by atoms with Crippen molar-refractivity contribution in [3.8, 4) is 51.0 Å². The quantitative estimate of drug-likeness (QED) is 0.175. The Hall–Kier alpha value is -6.99. The molecule has 0 bridgehead atoms. The van der Waals surface area contributed by atoms with Gasteiger partial charge in [-0.05, 0) is 54.1 Å². The number of fused-ring (bicyclic) bond motifs is 10. The van der Waals surface area contributed by atoms with Crippen molar-refractivity contribution >= 4 is 84.8 Å². The zero-order valence-corrected chi connectivity index (χ0v) is 32.1. The molecule has 0 saturated carbocycles. The lowest BCUT2D eigenvalue weighted by atomic mass is 9.98. The Morgan fingerprint density at radius 3 is 1.53 bits per heavy atom. The van der Waals surface area contributed by atoms with Crippen molar-refractivity contribution in [2.75, 3.05) is 0 Å². The molecule has 0 atom stereocenters. The van der Waals surface area contributed by atoms with E-state index >= 15 is 0 Å². The number of para-hydroxylation sites is 2. The Morgan fingerprint density at radius 2 is 0.860 bits per heavy atom. The van der Waals surface area contributed by atoms with Crippen molar-refractivity contribution in [3.05, 3.63) is 182 Å². The van der Waals surface area contributed by atoms with Crippen molar-refractivity contribution in [3.63, 3.8) is 0 Å². The van der Waals surface area contributed by atoms with Crippen LogP contribution in [0, 0.1) is 0 Å². The molecule has 6 heteroatoms. The molecule has 4 heterocycles. The molecule has 0 radical (unpaired) electrons. The molecule has 8 aromatic carbocycles. The van der Waals surface area contributed by atoms with E-state index in [0.717, 1.165) is 27.9 Å². The molecule has 0 aliphatic carbocycles. The largest absolute Gasteiger partial charge is 0.309 e. The lowest BCUT2D eigenvalue weighted by Crippen LogP contribution is -2.00. The van der Waals surface area contributed by atoms with Gasteiger partial charge in [-0.1, -0.05) is 133 Å². The van der Waals surface area contributed by atoms with Crippen LogP contribution in [0.4, 0.5) is 0 Å². The van der Waals surface area contributed by atoms with Crippen LogP contribution < -0.4 is 0 Å². The second kappa shape index (κ2) is 12.8. The molecule has 57 heavy (non-hydrogen) atoms. The fraction of sp³-hybridized carbons (Fsp3) is 0. The van der Waals surface area contributed by atoms with Gasteiger partial charge in [-0.3, -0.25) is 0 Å². The molecule has 0 aliphatic rings. The zero-order valence-electron chi connectivity index (χ0n) is 30.4. The highest BCUT2D eigenvalue weighted by Gasteiger charge is 2.21. The van der Waals surface area contributed by atoms with Gasteiger partial charge in [-0.2, -0.15) is 0 Å². The average molecular weight is 763 g/mol. The van der Waals surface area contributed by atoms with Crippen molar-refractivity contribution in [1.82, 2.24) is 19.5 Å². The van der Waals surface area contributed by atoms with Crippen LogP contribution in [0.5, 0.6) is 0 Å². The molecule has 0 amide bonds. The highest BCUT2D eigenvalue weighted by Crippen LogP contribution is 2.48. The summed E-state index contributed by atoms with van der Waals surface area (Å²) in [5.41, 5.74) is 8.65. The minimum absolute atomic E-state index is 0.641. The van der Waals surface area contributed by atoms with E-state index in [2.05, 4.69) is 150 Å². The first kappa shape index (κ1) is 32.3. The Bertz CT molecular complexity index is 3410. The third-order valence-corrected chi connectivity index (χ3v) is 13.4. The molecule has 0 fully saturated rings. The molecule has 0 unspecified atom stereocenters. The Labute approximate surface area is 335 Å². The van der Waals surface area contributed by atoms with Gasteiger partial charge in [-0.25, -0.2) is 15.0 Å². The number of thiophene rings is 2. The van der Waals surface area contributed by atoms with Gasteiger partial charge in [0.25, 0.3) is 0 Å². The monoisotopic (exact) mass is 762 g/mol. The van der Waals surface area contributed by atoms with E-state index < -0.39 is 0 Å². The summed E-state index contributed by atoms with van der Waals surface area (Å²) in [7, 11) is 0. The van der Waals surface area contributed by atoms with Crippen LogP contribution in [0.3, 0.4) is 0 Å². The number of aromatic nitrogens is 4. The van der Waals surface area contributed by atoms with Gasteiger partial charge in [0.1, 0.15) is 0 Å². The maximum absolute atomic E-state index is 5.09. The van der Waals surface area contributed by atoms with E-state index in [9.17, 15) is 0 Å². The molecule has 0 N–H and O–H groups in total. The van der Waals surface area contributed by atoms with Crippen molar-refractivity contribution in [2.24, 2.45) is 0 Å². The lowest BCUT2D eigenvalue weighted by molar-refractivity contribution is 1.07. The van der Waals surface area contributed by atoms with Crippen LogP contribution in [0.25, 0.3) is 113 Å². The van der Waals surface area contributed by atoms with Crippen LogP contribution in [0.1, 0.15) is 0 Å². The Kier molecular flexibility index (Phi) is 7.24. The predicted molar refractivity (Wildman–Crippen MR) is 242 cm³/mol. The van der Waals surface area contributed by atoms with Gasteiger partial charge < -0.3 is 4.57 Å². The molecular weight excluding hydrogens is 733 g/mol. The maximum Gasteiger partial charge on any atom is 0.164 e. The minimum Gasteiger partial charge on any atom is -0.309 e. The number of rotatable bonds is 5. The lowest BCUT2D eigenvalue weighted by Gasteiger charge is -2.13. The number of nitrogens with zero attached hydrogens (tertiary/aromatic N) is 4. The maximum atomic E-state index is 5.09. The third kappa shape index (κ3) is 5.15. The number of benzene rings is 8. The molecule has 4 aromatic heterocycles. The second-order valence-corrected chi connectivity index (χ2v) is 16.5. The van der Waals surface area contributed by atoms with Gasteiger partial charge in [0.2, 0.25) is 0 Å². The first-order valence-electron chi connectivity index (χ1n) is 19.0. The molecule has 266 valence electrons. The summed E-state index contributed by atoms with van der Waals surface area (Å²) in [5.74, 6) is 1.94. The van der Waals surface area contributed by atoms with E-state index in [1.807, 2.05) is 59.1 Å². The van der Waals surface area contributed by atoms with E-state index in [1.165, 1.54) is 67.7 Å². The standard InChI is InChI=1S/C51H30N4S2/c1-3-14-31(15-4-1)49-52-50(32-16-5-2-6-17-32)54-51(53-49)34-19-13-18-33(28-34)39-29-35(55-41-23-10-7-20-36(41)37-21-8-11-24-42(37)55)30-40-47-45(57-48(39)40)27-26-44-46(47)38-22-9-12-25-43(38)56-44/h1-30H. The Morgan fingerprint density at radius 1 is 0.351 bits per heavy atom. The van der Waals surface area contributed by atoms with Crippen molar-refractivity contribution in [1.29, 1.82) is 0 Å². The summed E-state index contributed by atoms with van der Waals surface area (Å²) in [5, 5.41) is 7.73.